The first-order chi connectivity index (χ1) is 17.8. The van der Waals surface area contributed by atoms with E-state index < -0.39 is 6.50 Å². The second-order valence-corrected chi connectivity index (χ2v) is 9.30. The molecule has 5 nitrogen and oxygen atoms in total. The van der Waals surface area contributed by atoms with Crippen LogP contribution in [0.15, 0.2) is 66.7 Å². The zero-order valence-corrected chi connectivity index (χ0v) is 20.2. The zero-order chi connectivity index (χ0) is 26.0. The molecule has 2 N–H and O–H groups in total. The maximum Gasteiger partial charge on any atom is 0.119 e. The normalized spacial score (nSPS) is 16.0. The van der Waals surface area contributed by atoms with Crippen molar-refractivity contribution in [1.29, 1.82) is 0 Å². The van der Waals surface area contributed by atoms with Crippen LogP contribution in [0.25, 0.3) is 22.2 Å². The SMILES string of the molecule is [2H]C([2H])(c1ccc(OCCN2CCCCCC2)cc1)n1c(-c2ccc(O)cc2)c(C)c2cc(O)ccc21. The van der Waals surface area contributed by atoms with Gasteiger partial charge in [0, 0.05) is 23.9 Å². The van der Waals surface area contributed by atoms with Crippen molar-refractivity contribution in [3.63, 3.8) is 0 Å². The van der Waals surface area contributed by atoms with Gasteiger partial charge >= 0.3 is 0 Å². The fourth-order valence-electron chi connectivity index (χ4n) is 4.92. The van der Waals surface area contributed by atoms with Gasteiger partial charge in [-0.1, -0.05) is 25.0 Å². The molecule has 0 radical (unpaired) electrons. The Kier molecular flexibility index (Phi) is 6.24. The number of benzene rings is 3. The largest absolute Gasteiger partial charge is 0.508 e. The van der Waals surface area contributed by atoms with Gasteiger partial charge in [0.25, 0.3) is 0 Å². The number of ether oxygens (including phenoxy) is 1. The molecular weight excluding hydrogens is 436 g/mol. The Morgan fingerprint density at radius 3 is 2.26 bits per heavy atom. The van der Waals surface area contributed by atoms with Crippen molar-refractivity contribution in [1.82, 2.24) is 9.47 Å². The molecule has 182 valence electrons. The van der Waals surface area contributed by atoms with Gasteiger partial charge in [0.2, 0.25) is 0 Å². The number of aromatic hydroxyl groups is 2. The molecule has 0 amide bonds. The lowest BCUT2D eigenvalue weighted by Gasteiger charge is -2.19. The Hall–Kier alpha value is -3.44. The molecule has 5 heteroatoms. The third kappa shape index (κ3) is 5.30. The number of rotatable bonds is 7. The van der Waals surface area contributed by atoms with Crippen molar-refractivity contribution in [2.45, 2.75) is 39.1 Å². The lowest BCUT2D eigenvalue weighted by Crippen LogP contribution is -2.29. The number of hydrogen-bond acceptors (Lipinski definition) is 4. The minimum atomic E-state index is -1.89. The van der Waals surface area contributed by atoms with Gasteiger partial charge in [-0.05, 0) is 104 Å². The summed E-state index contributed by atoms with van der Waals surface area (Å²) >= 11 is 0. The van der Waals surface area contributed by atoms with E-state index in [1.165, 1.54) is 25.7 Å². The minimum absolute atomic E-state index is 0.132. The van der Waals surface area contributed by atoms with E-state index in [0.717, 1.165) is 41.9 Å². The lowest BCUT2D eigenvalue weighted by atomic mass is 10.1. The summed E-state index contributed by atoms with van der Waals surface area (Å²) in [5.41, 5.74) is 3.51. The minimum Gasteiger partial charge on any atom is -0.508 e. The van der Waals surface area contributed by atoms with Gasteiger partial charge in [0.15, 0.2) is 0 Å². The highest BCUT2D eigenvalue weighted by Crippen LogP contribution is 2.36. The Morgan fingerprint density at radius 2 is 1.54 bits per heavy atom. The van der Waals surface area contributed by atoms with Crippen LogP contribution in [0.5, 0.6) is 17.2 Å². The molecule has 0 aliphatic carbocycles. The molecule has 5 rings (SSSR count). The van der Waals surface area contributed by atoms with Crippen LogP contribution in [0, 0.1) is 6.92 Å². The molecule has 0 saturated carbocycles. The maximum absolute atomic E-state index is 10.1. The number of likely N-dealkylation sites (tertiary alicyclic amines) is 1. The van der Waals surface area contributed by atoms with Crippen LogP contribution in [0.2, 0.25) is 0 Å². The van der Waals surface area contributed by atoms with Crippen LogP contribution in [0.3, 0.4) is 0 Å². The van der Waals surface area contributed by atoms with Crippen molar-refractivity contribution in [2.24, 2.45) is 0 Å². The van der Waals surface area contributed by atoms with Crippen molar-refractivity contribution in [3.8, 4) is 28.5 Å². The standard InChI is InChI=1S/C30H34N2O3/c1-22-28-20-26(34)12-15-29(28)32(30(22)24-8-10-25(33)11-9-24)21-23-6-13-27(14-7-23)35-19-18-31-16-4-2-3-5-17-31/h6-15,20,33-34H,2-5,16-19,21H2,1H3/i21D2. The first-order valence-corrected chi connectivity index (χ1v) is 12.4. The summed E-state index contributed by atoms with van der Waals surface area (Å²) < 4.78 is 26.1. The fraction of sp³-hybridized carbons (Fsp3) is 0.333. The van der Waals surface area contributed by atoms with E-state index in [0.29, 0.717) is 23.4 Å². The van der Waals surface area contributed by atoms with E-state index in [2.05, 4.69) is 4.90 Å². The molecule has 0 spiro atoms. The maximum atomic E-state index is 10.1. The molecule has 2 heterocycles. The van der Waals surface area contributed by atoms with Crippen LogP contribution in [-0.2, 0) is 6.50 Å². The summed E-state index contributed by atoms with van der Waals surface area (Å²) in [6, 6.07) is 19.0. The Balaban J connectivity index is 1.44. The Labute approximate surface area is 210 Å². The zero-order valence-electron chi connectivity index (χ0n) is 22.2. The average molecular weight is 473 g/mol. The smallest absolute Gasteiger partial charge is 0.119 e. The molecule has 3 aromatic carbocycles. The van der Waals surface area contributed by atoms with E-state index in [-0.39, 0.29) is 11.5 Å². The van der Waals surface area contributed by atoms with Crippen LogP contribution < -0.4 is 4.74 Å². The van der Waals surface area contributed by atoms with E-state index in [1.54, 1.807) is 59.2 Å². The van der Waals surface area contributed by atoms with E-state index in [1.807, 2.05) is 19.1 Å². The van der Waals surface area contributed by atoms with E-state index in [9.17, 15) is 13.0 Å². The number of phenols is 2. The van der Waals surface area contributed by atoms with E-state index in [4.69, 9.17) is 4.74 Å². The number of aryl methyl sites for hydroxylation is 1. The summed E-state index contributed by atoms with van der Waals surface area (Å²) in [4.78, 5) is 2.46. The van der Waals surface area contributed by atoms with Gasteiger partial charge in [-0.2, -0.15) is 0 Å². The predicted octanol–water partition coefficient (Wildman–Crippen LogP) is 6.33. The monoisotopic (exact) mass is 472 g/mol. The van der Waals surface area contributed by atoms with Crippen LogP contribution in [0.4, 0.5) is 0 Å². The molecule has 1 fully saturated rings. The topological polar surface area (TPSA) is 57.9 Å². The third-order valence-corrected chi connectivity index (χ3v) is 6.81. The number of hydrogen-bond donors (Lipinski definition) is 2. The molecule has 0 bridgehead atoms. The molecule has 4 aromatic rings. The van der Waals surface area contributed by atoms with Gasteiger partial charge in [-0.3, -0.25) is 4.90 Å². The molecule has 0 unspecified atom stereocenters. The quantitative estimate of drug-likeness (QED) is 0.330. The highest BCUT2D eigenvalue weighted by Gasteiger charge is 2.17. The number of fused-ring (bicyclic) bond motifs is 1. The number of phenolic OH excluding ortho intramolecular Hbond substituents is 2. The van der Waals surface area contributed by atoms with Crippen LogP contribution in [0.1, 0.15) is 39.6 Å². The lowest BCUT2D eigenvalue weighted by molar-refractivity contribution is 0.214. The van der Waals surface area contributed by atoms with E-state index >= 15 is 0 Å². The highest BCUT2D eigenvalue weighted by molar-refractivity contribution is 5.92. The molecular formula is C30H34N2O3. The molecule has 1 aliphatic rings. The predicted molar refractivity (Wildman–Crippen MR) is 141 cm³/mol. The van der Waals surface area contributed by atoms with Gasteiger partial charge in [-0.25, -0.2) is 0 Å². The summed E-state index contributed by atoms with van der Waals surface area (Å²) in [7, 11) is 0. The van der Waals surface area contributed by atoms with Crippen LogP contribution in [-0.4, -0.2) is 45.9 Å². The number of aromatic nitrogens is 1. The number of nitrogens with zero attached hydrogens (tertiary/aromatic N) is 2. The molecule has 35 heavy (non-hydrogen) atoms. The second kappa shape index (κ2) is 10.4. The molecule has 0 atom stereocenters. The van der Waals surface area contributed by atoms with Crippen molar-refractivity contribution >= 4 is 10.9 Å². The third-order valence-electron chi connectivity index (χ3n) is 6.81. The van der Waals surface area contributed by atoms with Gasteiger partial charge in [-0.15, -0.1) is 0 Å². The van der Waals surface area contributed by atoms with Crippen molar-refractivity contribution in [3.05, 3.63) is 77.9 Å². The Morgan fingerprint density at radius 1 is 0.857 bits per heavy atom. The first-order valence-electron chi connectivity index (χ1n) is 13.4. The fourth-order valence-corrected chi connectivity index (χ4v) is 4.92. The van der Waals surface area contributed by atoms with Gasteiger partial charge < -0.3 is 19.5 Å². The summed E-state index contributed by atoms with van der Waals surface area (Å²) in [6.07, 6.45) is 5.13. The summed E-state index contributed by atoms with van der Waals surface area (Å²) in [5.74, 6) is 1.01. The first kappa shape index (κ1) is 20.9. The molecule has 1 aromatic heterocycles. The Bertz CT molecular complexity index is 1360. The molecule has 1 aliphatic heterocycles. The van der Waals surface area contributed by atoms with Crippen molar-refractivity contribution < 1.29 is 17.7 Å². The second-order valence-electron chi connectivity index (χ2n) is 9.30. The average Bonchev–Trinajstić information content (AvgIpc) is 3.02. The van der Waals surface area contributed by atoms with Gasteiger partial charge in [0.05, 0.1) is 8.44 Å². The summed E-state index contributed by atoms with van der Waals surface area (Å²) in [5, 5.41) is 20.7. The summed E-state index contributed by atoms with van der Waals surface area (Å²) in [6.45, 7) is 3.82. The van der Waals surface area contributed by atoms with Gasteiger partial charge in [0.1, 0.15) is 23.9 Å². The van der Waals surface area contributed by atoms with Crippen molar-refractivity contribution in [2.75, 3.05) is 26.2 Å². The van der Waals surface area contributed by atoms with Crippen LogP contribution >= 0.6 is 0 Å². The highest BCUT2D eigenvalue weighted by atomic mass is 16.5. The molecule has 1 saturated heterocycles.